The molecule has 0 N–H and O–H groups in total. The Morgan fingerprint density at radius 1 is 0.625 bits per heavy atom. The summed E-state index contributed by atoms with van der Waals surface area (Å²) in [6, 6.07) is 4.50. The first-order chi connectivity index (χ1) is 7.24. The van der Waals surface area contributed by atoms with E-state index in [4.69, 9.17) is 30.2 Å². The first-order valence-electron chi connectivity index (χ1n) is 2.44. The molecule has 0 heterocycles. The molecule has 0 amide bonds. The summed E-state index contributed by atoms with van der Waals surface area (Å²) in [6.07, 6.45) is 0. The van der Waals surface area contributed by atoms with Crippen molar-refractivity contribution in [2.24, 2.45) is 0 Å². The molecule has 0 aliphatic rings. The van der Waals surface area contributed by atoms with E-state index in [0.29, 0.717) is 0 Å². The topological polar surface area (TPSA) is 123 Å². The smallest absolute Gasteiger partial charge is 0.545 e. The molecule has 0 saturated carbocycles. The van der Waals surface area contributed by atoms with Crippen LogP contribution in [-0.4, -0.2) is 20.4 Å². The molecule has 0 saturated heterocycles. The molecule has 0 atom stereocenters. The Balaban J connectivity index is -0.0000000122. The quantitative estimate of drug-likeness (QED) is 0.452. The van der Waals surface area contributed by atoms with E-state index in [0.717, 1.165) is 0 Å². The minimum Gasteiger partial charge on any atom is -0.545 e. The number of carbonyl (C=O) groups excluding carboxylic acids is 3. The largest absolute Gasteiger partial charge is 6.00 e. The fourth-order valence-corrected chi connectivity index (χ4v) is 0. The van der Waals surface area contributed by atoms with Gasteiger partial charge in [0.1, 0.15) is 0 Å². The van der Waals surface area contributed by atoms with Gasteiger partial charge in [-0.1, -0.05) is 0 Å². The van der Waals surface area contributed by atoms with Crippen LogP contribution in [0.4, 0.5) is 0 Å². The summed E-state index contributed by atoms with van der Waals surface area (Å²) in [4.78, 5) is 23.2. The fourth-order valence-electron chi connectivity index (χ4n) is 0. The molecule has 0 fully saturated rings. The number of hydrogen-bond acceptors (Lipinski definition) is 6. The van der Waals surface area contributed by atoms with Crippen LogP contribution in [0.15, 0.2) is 0 Å². The minimum atomic E-state index is 0. The number of nitriles is 3. The average molecular weight is 259 g/mol. The van der Waals surface area contributed by atoms with Crippen molar-refractivity contribution >= 4 is 20.4 Å². The average Bonchev–Trinajstić information content (AvgIpc) is 2.29. The zero-order valence-corrected chi connectivity index (χ0v) is 9.60. The summed E-state index contributed by atoms with van der Waals surface area (Å²) in [5.41, 5.74) is 0. The Morgan fingerprint density at radius 2 is 0.625 bits per heavy atom. The molecule has 16 heavy (non-hydrogen) atoms. The van der Waals surface area contributed by atoms with Gasteiger partial charge in [-0.2, -0.15) is 0 Å². The first kappa shape index (κ1) is 49.5. The van der Waals surface area contributed by atoms with Crippen molar-refractivity contribution in [3.8, 4) is 18.2 Å². The molecule has 0 aliphatic heterocycles. The van der Waals surface area contributed by atoms with E-state index in [-0.39, 0.29) is 17.4 Å². The third kappa shape index (κ3) is 232. The molecule has 0 rings (SSSR count). The second-order valence-electron chi connectivity index (χ2n) is 0.474. The van der Waals surface area contributed by atoms with Crippen LogP contribution in [0.25, 0.3) is 0 Å². The fraction of sp³-hybridized carbons (Fsp3) is 0. The van der Waals surface area contributed by atoms with Crippen LogP contribution in [-0.2, 0) is 31.7 Å². The van der Waals surface area contributed by atoms with Crippen LogP contribution >= 0.6 is 0 Å². The van der Waals surface area contributed by atoms with Gasteiger partial charge in [-0.3, -0.25) is 20.4 Å². The zero-order valence-electron chi connectivity index (χ0n) is 8.33. The van der Waals surface area contributed by atoms with E-state index < -0.39 is 0 Å². The molecular formula is C9H9CrN3O3. The van der Waals surface area contributed by atoms with Crippen molar-refractivity contribution in [3.05, 3.63) is 20.8 Å². The zero-order chi connectivity index (χ0) is 14.1. The van der Waals surface area contributed by atoms with Gasteiger partial charge in [-0.15, -0.1) is 18.2 Å². The van der Waals surface area contributed by atoms with Crippen LogP contribution in [0, 0.1) is 54.8 Å². The summed E-state index contributed by atoms with van der Waals surface area (Å²) < 4.78 is 0. The van der Waals surface area contributed by atoms with Crippen LogP contribution in [0.2, 0.25) is 0 Å². The van der Waals surface area contributed by atoms with Crippen LogP contribution in [0.3, 0.4) is 0 Å². The predicted molar refractivity (Wildman–Crippen MR) is 53.2 cm³/mol. The summed E-state index contributed by atoms with van der Waals surface area (Å²) >= 11 is 0. The predicted octanol–water partition coefficient (Wildman–Crippen LogP) is 0.207. The SMILES string of the molecule is [CH-]=O.[CH-]=O.[CH-]=O.[CH2-]C#N.[CH2-]C#N.[CH2-]C#N.[Cr+6]. The number of nitrogens with zero attached hydrogens (tertiary/aromatic N) is 3. The Hall–Kier alpha value is -2.38. The molecule has 84 valence electrons. The second kappa shape index (κ2) is 4400. The molecule has 0 aliphatic carbocycles. The Morgan fingerprint density at radius 3 is 0.625 bits per heavy atom. The maximum absolute atomic E-state index is 7.75. The molecule has 0 unspecified atom stereocenters. The molecule has 0 aromatic carbocycles. The van der Waals surface area contributed by atoms with Crippen molar-refractivity contribution in [1.29, 1.82) is 15.8 Å². The van der Waals surface area contributed by atoms with Crippen molar-refractivity contribution in [2.45, 2.75) is 0 Å². The van der Waals surface area contributed by atoms with Crippen LogP contribution < -0.4 is 0 Å². The van der Waals surface area contributed by atoms with Gasteiger partial charge in [-0.05, 0) is 0 Å². The van der Waals surface area contributed by atoms with Crippen molar-refractivity contribution in [2.75, 3.05) is 0 Å². The molecule has 6 nitrogen and oxygen atoms in total. The van der Waals surface area contributed by atoms with Gasteiger partial charge in [0.15, 0.2) is 0 Å². The summed E-state index contributed by atoms with van der Waals surface area (Å²) in [5.74, 6) is 0. The molecular weight excluding hydrogens is 250 g/mol. The van der Waals surface area contributed by atoms with E-state index in [9.17, 15) is 0 Å². The normalized spacial score (nSPS) is 2.06. The van der Waals surface area contributed by atoms with Crippen LogP contribution in [0.5, 0.6) is 0 Å². The standard InChI is InChI=1S/3C2H2N.3CHO.Cr/c3*1-2-3;3*1-2;/h3*1H2;3*1H;/q6*-1;+6. The van der Waals surface area contributed by atoms with Crippen molar-refractivity contribution < 1.29 is 31.7 Å². The van der Waals surface area contributed by atoms with Crippen molar-refractivity contribution in [3.63, 3.8) is 0 Å². The number of hydrogen-bond donors (Lipinski definition) is 0. The van der Waals surface area contributed by atoms with Gasteiger partial charge in [0, 0.05) is 0 Å². The van der Waals surface area contributed by atoms with E-state index in [1.807, 2.05) is 0 Å². The third-order valence-electron chi connectivity index (χ3n) is 0. The summed E-state index contributed by atoms with van der Waals surface area (Å²) in [5, 5.41) is 21.6. The molecule has 0 aromatic rings. The molecule has 0 bridgehead atoms. The van der Waals surface area contributed by atoms with Gasteiger partial charge < -0.3 is 35.2 Å². The molecule has 7 heteroatoms. The third-order valence-corrected chi connectivity index (χ3v) is 0. The van der Waals surface area contributed by atoms with Gasteiger partial charge in [0.25, 0.3) is 0 Å². The van der Waals surface area contributed by atoms with Gasteiger partial charge in [0.05, 0.1) is 0 Å². The maximum atomic E-state index is 7.75. The molecule has 0 radical (unpaired) electrons. The minimum absolute atomic E-state index is 0. The van der Waals surface area contributed by atoms with Gasteiger partial charge >= 0.3 is 17.4 Å². The van der Waals surface area contributed by atoms with E-state index in [1.165, 1.54) is 18.2 Å². The Labute approximate surface area is 107 Å². The number of rotatable bonds is 0. The molecule has 0 aromatic heterocycles. The Bertz CT molecular complexity index is 149. The van der Waals surface area contributed by atoms with E-state index in [1.54, 1.807) is 0 Å². The summed E-state index contributed by atoms with van der Waals surface area (Å²) in [7, 11) is 0. The van der Waals surface area contributed by atoms with Crippen molar-refractivity contribution in [1.82, 2.24) is 0 Å². The maximum Gasteiger partial charge on any atom is 6.00 e. The van der Waals surface area contributed by atoms with E-state index in [2.05, 4.69) is 41.1 Å². The molecule has 0 spiro atoms. The van der Waals surface area contributed by atoms with E-state index >= 15 is 0 Å². The first-order valence-corrected chi connectivity index (χ1v) is 2.44. The van der Waals surface area contributed by atoms with Gasteiger partial charge in [-0.25, -0.2) is 15.8 Å². The van der Waals surface area contributed by atoms with Crippen LogP contribution in [0.1, 0.15) is 0 Å². The monoisotopic (exact) mass is 259 g/mol. The van der Waals surface area contributed by atoms with Gasteiger partial charge in [0.2, 0.25) is 0 Å². The summed E-state index contributed by atoms with van der Waals surface area (Å²) in [6.45, 7) is 18.1. The second-order valence-corrected chi connectivity index (χ2v) is 0.474. The Kier molecular flexibility index (Phi) is 13600.